The van der Waals surface area contributed by atoms with Gasteiger partial charge in [0.1, 0.15) is 11.3 Å². The van der Waals surface area contributed by atoms with Crippen molar-refractivity contribution in [2.45, 2.75) is 0 Å². The third-order valence-corrected chi connectivity index (χ3v) is 3.35. The molecule has 0 atom stereocenters. The Morgan fingerprint density at radius 1 is 1.14 bits per heavy atom. The van der Waals surface area contributed by atoms with Crippen LogP contribution in [0.2, 0.25) is 0 Å². The third-order valence-electron chi connectivity index (χ3n) is 2.82. The molecule has 0 amide bonds. The van der Waals surface area contributed by atoms with Crippen LogP contribution in [-0.2, 0) is 0 Å². The summed E-state index contributed by atoms with van der Waals surface area (Å²) in [6.07, 6.45) is 4.56. The van der Waals surface area contributed by atoms with Crippen LogP contribution >= 0.6 is 15.9 Å². The van der Waals surface area contributed by atoms with Gasteiger partial charge < -0.3 is 5.11 Å². The number of benzene rings is 1. The second-order valence-corrected chi connectivity index (χ2v) is 5.11. The first kappa shape index (κ1) is 13.4. The van der Waals surface area contributed by atoms with Gasteiger partial charge in [-0.25, -0.2) is 19.4 Å². The second kappa shape index (κ2) is 5.45. The van der Waals surface area contributed by atoms with E-state index in [-0.39, 0.29) is 5.56 Å². The van der Waals surface area contributed by atoms with Crippen molar-refractivity contribution >= 4 is 21.9 Å². The average Bonchev–Trinajstić information content (AvgIpc) is 2.94. The van der Waals surface area contributed by atoms with Crippen LogP contribution in [0.15, 0.2) is 53.4 Å². The summed E-state index contributed by atoms with van der Waals surface area (Å²) in [5, 5.41) is 13.6. The Kier molecular flexibility index (Phi) is 3.49. The van der Waals surface area contributed by atoms with Gasteiger partial charge in [-0.2, -0.15) is 5.10 Å². The van der Waals surface area contributed by atoms with Crippen LogP contribution in [0.25, 0.3) is 17.2 Å². The van der Waals surface area contributed by atoms with E-state index in [1.807, 2.05) is 12.1 Å². The van der Waals surface area contributed by atoms with E-state index in [4.69, 9.17) is 0 Å². The van der Waals surface area contributed by atoms with Crippen molar-refractivity contribution in [3.05, 3.63) is 59.0 Å². The number of nitrogens with zero attached hydrogens (tertiary/aromatic N) is 4. The molecule has 0 aliphatic rings. The first-order valence-corrected chi connectivity index (χ1v) is 6.81. The maximum absolute atomic E-state index is 11.4. The van der Waals surface area contributed by atoms with E-state index < -0.39 is 5.97 Å². The molecule has 3 aromatic rings. The number of carboxylic acid groups (broad SMARTS) is 1. The second-order valence-electron chi connectivity index (χ2n) is 4.20. The Bertz CT molecular complexity index is 784. The van der Waals surface area contributed by atoms with Gasteiger partial charge in [0, 0.05) is 28.6 Å². The Morgan fingerprint density at radius 2 is 1.81 bits per heavy atom. The lowest BCUT2D eigenvalue weighted by atomic mass is 10.1. The molecule has 0 saturated heterocycles. The van der Waals surface area contributed by atoms with Crippen LogP contribution in [0.5, 0.6) is 0 Å². The summed E-state index contributed by atoms with van der Waals surface area (Å²) in [6, 6.07) is 8.95. The lowest BCUT2D eigenvalue weighted by molar-refractivity contribution is 0.0697. The van der Waals surface area contributed by atoms with Gasteiger partial charge in [0.05, 0.1) is 0 Å². The summed E-state index contributed by atoms with van der Waals surface area (Å²) < 4.78 is 2.27. The summed E-state index contributed by atoms with van der Waals surface area (Å²) in [5.41, 5.74) is 1.19. The molecule has 21 heavy (non-hydrogen) atoms. The molecule has 7 heteroatoms. The normalized spacial score (nSPS) is 10.5. The van der Waals surface area contributed by atoms with Crippen molar-refractivity contribution in [3.8, 4) is 17.2 Å². The summed E-state index contributed by atoms with van der Waals surface area (Å²) in [7, 11) is 0. The summed E-state index contributed by atoms with van der Waals surface area (Å²) >= 11 is 3.35. The largest absolute Gasteiger partial charge is 0.478 e. The number of halogens is 1. The molecular formula is C14H9BrN4O2. The van der Waals surface area contributed by atoms with Crippen LogP contribution in [0, 0.1) is 0 Å². The highest BCUT2D eigenvalue weighted by molar-refractivity contribution is 9.10. The van der Waals surface area contributed by atoms with Crippen molar-refractivity contribution in [3.63, 3.8) is 0 Å². The van der Waals surface area contributed by atoms with Crippen LogP contribution in [0.4, 0.5) is 0 Å². The van der Waals surface area contributed by atoms with E-state index in [1.54, 1.807) is 30.6 Å². The monoisotopic (exact) mass is 344 g/mol. The molecule has 0 aliphatic carbocycles. The molecule has 6 nitrogen and oxygen atoms in total. The van der Waals surface area contributed by atoms with Crippen LogP contribution in [-0.4, -0.2) is 30.8 Å². The van der Waals surface area contributed by atoms with Gasteiger partial charge in [0.2, 0.25) is 5.95 Å². The van der Waals surface area contributed by atoms with Gasteiger partial charge in [-0.05, 0) is 18.2 Å². The number of carbonyl (C=O) groups is 1. The summed E-state index contributed by atoms with van der Waals surface area (Å²) in [4.78, 5) is 19.5. The van der Waals surface area contributed by atoms with Crippen molar-refractivity contribution in [1.29, 1.82) is 0 Å². The van der Waals surface area contributed by atoms with Gasteiger partial charge in [-0.3, -0.25) is 0 Å². The Hall–Kier alpha value is -2.54. The maximum Gasteiger partial charge on any atom is 0.339 e. The standard InChI is InChI=1S/C14H9BrN4O2/c15-10-4-2-9(3-5-10)12-11(13(20)21)8-19(18-12)14-16-6-1-7-17-14/h1-8H,(H,20,21). The predicted octanol–water partition coefficient (Wildman–Crippen LogP) is 2.79. The van der Waals surface area contributed by atoms with Gasteiger partial charge in [-0.1, -0.05) is 28.1 Å². The zero-order chi connectivity index (χ0) is 14.8. The van der Waals surface area contributed by atoms with E-state index in [0.29, 0.717) is 17.2 Å². The molecule has 0 spiro atoms. The van der Waals surface area contributed by atoms with Gasteiger partial charge in [-0.15, -0.1) is 0 Å². The summed E-state index contributed by atoms with van der Waals surface area (Å²) in [5.74, 6) is -0.724. The minimum atomic E-state index is -1.05. The molecule has 0 radical (unpaired) electrons. The van der Waals surface area contributed by atoms with Gasteiger partial charge in [0.15, 0.2) is 0 Å². The first-order chi connectivity index (χ1) is 10.1. The first-order valence-electron chi connectivity index (χ1n) is 6.01. The molecule has 3 rings (SSSR count). The van der Waals surface area contributed by atoms with Crippen molar-refractivity contribution in [2.75, 3.05) is 0 Å². The van der Waals surface area contributed by atoms with E-state index in [2.05, 4.69) is 31.0 Å². The average molecular weight is 345 g/mol. The van der Waals surface area contributed by atoms with Gasteiger partial charge in [0.25, 0.3) is 0 Å². The molecule has 0 bridgehead atoms. The molecule has 104 valence electrons. The molecule has 2 heterocycles. The topological polar surface area (TPSA) is 80.9 Å². The molecule has 1 N–H and O–H groups in total. The lowest BCUT2D eigenvalue weighted by Gasteiger charge is -1.99. The molecule has 2 aromatic heterocycles. The highest BCUT2D eigenvalue weighted by atomic mass is 79.9. The quantitative estimate of drug-likeness (QED) is 0.789. The zero-order valence-corrected chi connectivity index (χ0v) is 12.2. The summed E-state index contributed by atoms with van der Waals surface area (Å²) in [6.45, 7) is 0. The highest BCUT2D eigenvalue weighted by Crippen LogP contribution is 2.24. The fraction of sp³-hybridized carbons (Fsp3) is 0. The third kappa shape index (κ3) is 2.68. The molecule has 0 unspecified atom stereocenters. The van der Waals surface area contributed by atoms with E-state index >= 15 is 0 Å². The van der Waals surface area contributed by atoms with Crippen LogP contribution in [0.3, 0.4) is 0 Å². The molecule has 0 saturated carbocycles. The number of rotatable bonds is 3. The van der Waals surface area contributed by atoms with Gasteiger partial charge >= 0.3 is 5.97 Å². The van der Waals surface area contributed by atoms with E-state index in [9.17, 15) is 9.90 Å². The fourth-order valence-electron chi connectivity index (χ4n) is 1.86. The minimum Gasteiger partial charge on any atom is -0.478 e. The van der Waals surface area contributed by atoms with E-state index in [0.717, 1.165) is 4.47 Å². The Balaban J connectivity index is 2.14. The lowest BCUT2D eigenvalue weighted by Crippen LogP contribution is -2.00. The SMILES string of the molecule is O=C(O)c1cn(-c2ncccn2)nc1-c1ccc(Br)cc1. The Labute approximate surface area is 128 Å². The molecular weight excluding hydrogens is 336 g/mol. The van der Waals surface area contributed by atoms with E-state index in [1.165, 1.54) is 10.9 Å². The number of hydrogen-bond acceptors (Lipinski definition) is 4. The van der Waals surface area contributed by atoms with Crippen molar-refractivity contribution in [2.24, 2.45) is 0 Å². The molecule has 0 aliphatic heterocycles. The van der Waals surface area contributed by atoms with Crippen molar-refractivity contribution in [1.82, 2.24) is 19.7 Å². The number of aromatic nitrogens is 4. The van der Waals surface area contributed by atoms with Crippen LogP contribution < -0.4 is 0 Å². The minimum absolute atomic E-state index is 0.102. The zero-order valence-electron chi connectivity index (χ0n) is 10.6. The van der Waals surface area contributed by atoms with Crippen LogP contribution in [0.1, 0.15) is 10.4 Å². The van der Waals surface area contributed by atoms with Crippen molar-refractivity contribution < 1.29 is 9.90 Å². The molecule has 1 aromatic carbocycles. The number of carboxylic acids is 1. The highest BCUT2D eigenvalue weighted by Gasteiger charge is 2.18. The number of hydrogen-bond donors (Lipinski definition) is 1. The smallest absolute Gasteiger partial charge is 0.339 e. The number of aromatic carboxylic acids is 1. The maximum atomic E-state index is 11.4. The molecule has 0 fully saturated rings. The Morgan fingerprint density at radius 3 is 2.43 bits per heavy atom. The predicted molar refractivity (Wildman–Crippen MR) is 79.2 cm³/mol. The fourth-order valence-corrected chi connectivity index (χ4v) is 2.13.